The van der Waals surface area contributed by atoms with Gasteiger partial charge >= 0.3 is 0 Å². The number of carbonyl (C=O) groups excluding carboxylic acids is 1. The van der Waals surface area contributed by atoms with Crippen molar-refractivity contribution in [3.8, 4) is 5.75 Å². The smallest absolute Gasteiger partial charge is 0.223 e. The highest BCUT2D eigenvalue weighted by Gasteiger charge is 2.41. The van der Waals surface area contributed by atoms with E-state index < -0.39 is 15.4 Å². The van der Waals surface area contributed by atoms with Gasteiger partial charge in [-0.05, 0) is 54.8 Å². The number of sulfonamides is 1. The lowest BCUT2D eigenvalue weighted by molar-refractivity contribution is -0.139. The fourth-order valence-electron chi connectivity index (χ4n) is 4.55. The fraction of sp³-hybridized carbons (Fsp3) is 0.480. The van der Waals surface area contributed by atoms with Gasteiger partial charge in [-0.25, -0.2) is 17.1 Å². The van der Waals surface area contributed by atoms with Crippen LogP contribution >= 0.6 is 23.2 Å². The number of hydrogen-bond acceptors (Lipinski definition) is 5. The van der Waals surface area contributed by atoms with Crippen LogP contribution in [0, 0.1) is 11.2 Å². The first kappa shape index (κ1) is 27.1. The first-order chi connectivity index (χ1) is 17.2. The number of benzene rings is 2. The van der Waals surface area contributed by atoms with E-state index in [1.807, 2.05) is 0 Å². The lowest BCUT2D eigenvalue weighted by Crippen LogP contribution is -2.49. The third-order valence-corrected chi connectivity index (χ3v) is 9.35. The second-order valence-electron chi connectivity index (χ2n) is 9.32. The summed E-state index contributed by atoms with van der Waals surface area (Å²) in [5, 5.41) is 0.674. The topological polar surface area (TPSA) is 76.2 Å². The predicted octanol–water partition coefficient (Wildman–Crippen LogP) is 4.37. The molecular formula is C25H29Cl2FN2O5S. The van der Waals surface area contributed by atoms with Gasteiger partial charge in [0.2, 0.25) is 15.9 Å². The van der Waals surface area contributed by atoms with E-state index in [0.29, 0.717) is 60.5 Å². The minimum absolute atomic E-state index is 0.00752. The maximum Gasteiger partial charge on any atom is 0.223 e. The van der Waals surface area contributed by atoms with E-state index in [0.717, 1.165) is 0 Å². The van der Waals surface area contributed by atoms with Crippen molar-refractivity contribution in [2.24, 2.45) is 5.41 Å². The number of morpholine rings is 1. The van der Waals surface area contributed by atoms with E-state index in [1.165, 1.54) is 16.4 Å². The van der Waals surface area contributed by atoms with Crippen LogP contribution in [-0.2, 0) is 25.3 Å². The number of halogens is 3. The summed E-state index contributed by atoms with van der Waals surface area (Å²) in [4.78, 5) is 14.9. The highest BCUT2D eigenvalue weighted by molar-refractivity contribution is 7.88. The molecule has 11 heteroatoms. The van der Waals surface area contributed by atoms with Gasteiger partial charge in [0.15, 0.2) is 0 Å². The van der Waals surface area contributed by atoms with Crippen molar-refractivity contribution in [1.82, 2.24) is 9.21 Å². The van der Waals surface area contributed by atoms with E-state index >= 15 is 0 Å². The van der Waals surface area contributed by atoms with Crippen LogP contribution in [0.2, 0.25) is 10.0 Å². The predicted molar refractivity (Wildman–Crippen MR) is 136 cm³/mol. The summed E-state index contributed by atoms with van der Waals surface area (Å²) in [5.74, 6) is -0.0344. The summed E-state index contributed by atoms with van der Waals surface area (Å²) < 4.78 is 52.4. The van der Waals surface area contributed by atoms with Crippen LogP contribution in [0.1, 0.15) is 24.8 Å². The van der Waals surface area contributed by atoms with Crippen molar-refractivity contribution in [3.05, 3.63) is 63.9 Å². The Balaban J connectivity index is 1.45. The largest absolute Gasteiger partial charge is 0.493 e. The van der Waals surface area contributed by atoms with E-state index in [9.17, 15) is 17.6 Å². The summed E-state index contributed by atoms with van der Waals surface area (Å²) >= 11 is 12.0. The second kappa shape index (κ2) is 11.6. The van der Waals surface area contributed by atoms with Gasteiger partial charge in [0.25, 0.3) is 0 Å². The average Bonchev–Trinajstić information content (AvgIpc) is 2.87. The maximum absolute atomic E-state index is 13.3. The molecule has 2 fully saturated rings. The number of carbonyl (C=O) groups is 1. The molecule has 7 nitrogen and oxygen atoms in total. The van der Waals surface area contributed by atoms with Crippen molar-refractivity contribution >= 4 is 39.1 Å². The minimum Gasteiger partial charge on any atom is -0.493 e. The van der Waals surface area contributed by atoms with Crippen LogP contribution < -0.4 is 4.74 Å². The van der Waals surface area contributed by atoms with Crippen LogP contribution in [0.15, 0.2) is 42.5 Å². The van der Waals surface area contributed by atoms with Crippen molar-refractivity contribution in [2.75, 3.05) is 46.0 Å². The van der Waals surface area contributed by atoms with Gasteiger partial charge in [0.1, 0.15) is 11.6 Å². The molecule has 2 saturated heterocycles. The molecule has 0 aromatic heterocycles. The first-order valence-electron chi connectivity index (χ1n) is 11.8. The van der Waals surface area contributed by atoms with Crippen molar-refractivity contribution in [3.63, 3.8) is 0 Å². The summed E-state index contributed by atoms with van der Waals surface area (Å²) in [7, 11) is -3.60. The highest BCUT2D eigenvalue weighted by Crippen LogP contribution is 2.38. The van der Waals surface area contributed by atoms with Gasteiger partial charge in [-0.1, -0.05) is 29.3 Å². The summed E-state index contributed by atoms with van der Waals surface area (Å²) in [5.41, 5.74) is 0.0164. The number of ether oxygens (including phenoxy) is 2. The Morgan fingerprint density at radius 3 is 2.31 bits per heavy atom. The van der Waals surface area contributed by atoms with Crippen LogP contribution in [-0.4, -0.2) is 69.5 Å². The molecular weight excluding hydrogens is 530 g/mol. The number of piperidine rings is 1. The van der Waals surface area contributed by atoms with Gasteiger partial charge in [0.05, 0.1) is 35.6 Å². The third kappa shape index (κ3) is 6.89. The molecule has 0 atom stereocenters. The SMILES string of the molecule is O=C(CC1(COc2ccc(F)cc2)CCN(S(=O)(=O)Cc2ccc(Cl)c(Cl)c2)CC1)N1CCOCC1. The standard InChI is InChI=1S/C25H29Cl2FN2O5S/c26-22-6-1-19(15-23(22)27)17-36(32,33)30-9-7-25(8-10-30,16-24(31)29-11-13-34-14-12-29)18-35-21-4-2-20(28)3-5-21/h1-6,15H,7-14,16-18H2. The molecule has 0 unspecified atom stereocenters. The molecule has 2 aromatic carbocycles. The molecule has 2 aliphatic rings. The van der Waals surface area contributed by atoms with Crippen molar-refractivity contribution in [1.29, 1.82) is 0 Å². The molecule has 0 spiro atoms. The third-order valence-electron chi connectivity index (χ3n) is 6.76. The zero-order valence-corrected chi connectivity index (χ0v) is 22.1. The van der Waals surface area contributed by atoms with E-state index in [1.54, 1.807) is 35.2 Å². The Hall–Kier alpha value is -1.91. The number of amides is 1. The highest BCUT2D eigenvalue weighted by atomic mass is 35.5. The Morgan fingerprint density at radius 2 is 1.67 bits per heavy atom. The van der Waals surface area contributed by atoms with Crippen LogP contribution in [0.4, 0.5) is 4.39 Å². The van der Waals surface area contributed by atoms with Crippen LogP contribution in [0.5, 0.6) is 5.75 Å². The first-order valence-corrected chi connectivity index (χ1v) is 14.2. The molecule has 2 heterocycles. The van der Waals surface area contributed by atoms with Gasteiger partial charge in [-0.2, -0.15) is 0 Å². The Kier molecular flexibility index (Phi) is 8.78. The molecule has 2 aliphatic heterocycles. The molecule has 0 aliphatic carbocycles. The van der Waals surface area contributed by atoms with E-state index in [4.69, 9.17) is 32.7 Å². The number of rotatable bonds is 8. The lowest BCUT2D eigenvalue weighted by Gasteiger charge is -2.42. The van der Waals surface area contributed by atoms with Gasteiger partial charge in [0, 0.05) is 38.0 Å². The Labute approximate surface area is 221 Å². The average molecular weight is 559 g/mol. The quantitative estimate of drug-likeness (QED) is 0.480. The Bertz CT molecular complexity index is 1170. The summed E-state index contributed by atoms with van der Waals surface area (Å²) in [6.07, 6.45) is 1.17. The van der Waals surface area contributed by atoms with Crippen LogP contribution in [0.25, 0.3) is 0 Å². The molecule has 36 heavy (non-hydrogen) atoms. The van der Waals surface area contributed by atoms with E-state index in [-0.39, 0.29) is 43.6 Å². The molecule has 0 N–H and O–H groups in total. The molecule has 0 radical (unpaired) electrons. The minimum atomic E-state index is -3.60. The summed E-state index contributed by atoms with van der Waals surface area (Å²) in [6, 6.07) is 10.5. The number of nitrogens with zero attached hydrogens (tertiary/aromatic N) is 2. The van der Waals surface area contributed by atoms with E-state index in [2.05, 4.69) is 0 Å². The van der Waals surface area contributed by atoms with Gasteiger partial charge in [-0.15, -0.1) is 0 Å². The second-order valence-corrected chi connectivity index (χ2v) is 12.1. The molecule has 196 valence electrons. The van der Waals surface area contributed by atoms with Crippen molar-refractivity contribution < 1.29 is 27.1 Å². The summed E-state index contributed by atoms with van der Waals surface area (Å²) in [6.45, 7) is 2.86. The van der Waals surface area contributed by atoms with Gasteiger partial charge in [-0.3, -0.25) is 4.79 Å². The lowest BCUT2D eigenvalue weighted by atomic mass is 9.76. The Morgan fingerprint density at radius 1 is 1.00 bits per heavy atom. The number of hydrogen-bond donors (Lipinski definition) is 0. The normalized spacial score (nSPS) is 18.7. The zero-order valence-electron chi connectivity index (χ0n) is 19.8. The molecule has 4 rings (SSSR count). The molecule has 0 saturated carbocycles. The van der Waals surface area contributed by atoms with Crippen molar-refractivity contribution in [2.45, 2.75) is 25.0 Å². The molecule has 1 amide bonds. The zero-order chi connectivity index (χ0) is 25.8. The monoisotopic (exact) mass is 558 g/mol. The van der Waals surface area contributed by atoms with Crippen LogP contribution in [0.3, 0.4) is 0 Å². The molecule has 2 aromatic rings. The molecule has 0 bridgehead atoms. The fourth-order valence-corrected chi connectivity index (χ4v) is 6.40. The van der Waals surface area contributed by atoms with Gasteiger partial charge < -0.3 is 14.4 Å². The maximum atomic E-state index is 13.3.